The third-order valence-corrected chi connectivity index (χ3v) is 2.00. The Hall–Kier alpha value is -1.29. The molecule has 0 saturated heterocycles. The first-order chi connectivity index (χ1) is 6.02. The maximum atomic E-state index is 13.2. The Balaban J connectivity index is 3.10. The molecule has 70 valence electrons. The van der Waals surface area contributed by atoms with E-state index in [1.165, 1.54) is 6.07 Å². The van der Waals surface area contributed by atoms with E-state index in [0.29, 0.717) is 5.56 Å². The van der Waals surface area contributed by atoms with Crippen molar-refractivity contribution in [3.05, 3.63) is 28.5 Å². The monoisotopic (exact) mass is 202 g/mol. The number of carbonyl (C=O) groups is 1. The van der Waals surface area contributed by atoms with Crippen LogP contribution in [0.1, 0.15) is 5.56 Å². The van der Waals surface area contributed by atoms with Crippen LogP contribution >= 0.6 is 11.6 Å². The number of anilines is 1. The Morgan fingerprint density at radius 2 is 2.23 bits per heavy atom. The Bertz CT molecular complexity index is 354. The van der Waals surface area contributed by atoms with Gasteiger partial charge in [-0.3, -0.25) is 0 Å². The molecule has 0 aromatic heterocycles. The van der Waals surface area contributed by atoms with Crippen molar-refractivity contribution in [2.75, 3.05) is 5.32 Å². The number of hydrogen-bond acceptors (Lipinski definition) is 1. The Morgan fingerprint density at radius 3 is 2.77 bits per heavy atom. The molecule has 0 aliphatic carbocycles. The number of primary amides is 1. The van der Waals surface area contributed by atoms with Crippen LogP contribution in [-0.4, -0.2) is 6.03 Å². The number of benzene rings is 1. The molecule has 0 fully saturated rings. The number of carbonyl (C=O) groups excluding carboxylic acids is 1. The molecule has 1 aromatic carbocycles. The lowest BCUT2D eigenvalue weighted by Gasteiger charge is -2.06. The smallest absolute Gasteiger partial charge is 0.316 e. The van der Waals surface area contributed by atoms with Gasteiger partial charge in [0.2, 0.25) is 0 Å². The van der Waals surface area contributed by atoms with Crippen molar-refractivity contribution in [3.8, 4) is 0 Å². The third-order valence-electron chi connectivity index (χ3n) is 1.53. The van der Waals surface area contributed by atoms with Crippen molar-refractivity contribution in [1.82, 2.24) is 0 Å². The summed E-state index contributed by atoms with van der Waals surface area (Å²) in [6, 6.07) is 2.18. The SMILES string of the molecule is Cc1ccc(NC(N)=O)c(F)c1Cl. The number of rotatable bonds is 1. The molecule has 3 nitrogen and oxygen atoms in total. The number of halogens is 2. The van der Waals surface area contributed by atoms with Crippen LogP contribution in [0.2, 0.25) is 5.02 Å². The second kappa shape index (κ2) is 3.62. The summed E-state index contributed by atoms with van der Waals surface area (Å²) in [6.45, 7) is 1.67. The van der Waals surface area contributed by atoms with Gasteiger partial charge >= 0.3 is 6.03 Å². The van der Waals surface area contributed by atoms with Gasteiger partial charge in [-0.1, -0.05) is 17.7 Å². The first-order valence-corrected chi connectivity index (χ1v) is 3.91. The maximum Gasteiger partial charge on any atom is 0.316 e. The summed E-state index contributed by atoms with van der Waals surface area (Å²) in [5.74, 6) is -0.666. The fraction of sp³-hybridized carbons (Fsp3) is 0.125. The number of aryl methyl sites for hydroxylation is 1. The van der Waals surface area contributed by atoms with Crippen LogP contribution in [0.4, 0.5) is 14.9 Å². The van der Waals surface area contributed by atoms with Crippen LogP contribution < -0.4 is 11.1 Å². The van der Waals surface area contributed by atoms with Crippen molar-refractivity contribution in [3.63, 3.8) is 0 Å². The minimum absolute atomic E-state index is 0.00810. The lowest BCUT2D eigenvalue weighted by atomic mass is 10.2. The van der Waals surface area contributed by atoms with Crippen molar-refractivity contribution >= 4 is 23.3 Å². The first-order valence-electron chi connectivity index (χ1n) is 3.53. The highest BCUT2D eigenvalue weighted by atomic mass is 35.5. The van der Waals surface area contributed by atoms with Gasteiger partial charge in [0.1, 0.15) is 0 Å². The maximum absolute atomic E-state index is 13.2. The van der Waals surface area contributed by atoms with Crippen LogP contribution in [0.25, 0.3) is 0 Å². The molecule has 13 heavy (non-hydrogen) atoms. The largest absolute Gasteiger partial charge is 0.351 e. The highest BCUT2D eigenvalue weighted by Gasteiger charge is 2.09. The molecule has 0 atom stereocenters. The zero-order valence-electron chi connectivity index (χ0n) is 6.90. The quantitative estimate of drug-likeness (QED) is 0.721. The van der Waals surface area contributed by atoms with Gasteiger partial charge in [0, 0.05) is 0 Å². The summed E-state index contributed by atoms with van der Waals surface area (Å²) < 4.78 is 13.2. The Kier molecular flexibility index (Phi) is 2.72. The standard InChI is InChI=1S/C8H8ClFN2O/c1-4-2-3-5(12-8(11)13)7(10)6(4)9/h2-3H,1H3,(H3,11,12,13). The van der Waals surface area contributed by atoms with Crippen LogP contribution in [0, 0.1) is 12.7 Å². The second-order valence-electron chi connectivity index (χ2n) is 2.55. The van der Waals surface area contributed by atoms with Crippen molar-refractivity contribution in [2.24, 2.45) is 5.73 Å². The van der Waals surface area contributed by atoms with E-state index in [4.69, 9.17) is 17.3 Å². The second-order valence-corrected chi connectivity index (χ2v) is 2.93. The number of nitrogens with one attached hydrogen (secondary N) is 1. The third kappa shape index (κ3) is 2.09. The number of hydrogen-bond donors (Lipinski definition) is 2. The molecule has 0 aliphatic rings. The molecular weight excluding hydrogens is 195 g/mol. The van der Waals surface area contributed by atoms with Gasteiger partial charge in [0.25, 0.3) is 0 Å². The van der Waals surface area contributed by atoms with Gasteiger partial charge in [-0.25, -0.2) is 9.18 Å². The fourth-order valence-corrected chi connectivity index (χ4v) is 1.04. The highest BCUT2D eigenvalue weighted by molar-refractivity contribution is 6.31. The summed E-state index contributed by atoms with van der Waals surface area (Å²) in [4.78, 5) is 10.4. The van der Waals surface area contributed by atoms with E-state index in [1.807, 2.05) is 0 Å². The van der Waals surface area contributed by atoms with Crippen molar-refractivity contribution in [1.29, 1.82) is 0 Å². The number of amides is 2. The average Bonchev–Trinajstić information content (AvgIpc) is 2.06. The molecule has 1 rings (SSSR count). The van der Waals surface area contributed by atoms with Crippen LogP contribution in [0.3, 0.4) is 0 Å². The van der Waals surface area contributed by atoms with Crippen LogP contribution in [-0.2, 0) is 0 Å². The molecule has 0 aliphatic heterocycles. The molecule has 0 spiro atoms. The first kappa shape index (κ1) is 9.80. The molecule has 0 saturated carbocycles. The average molecular weight is 203 g/mol. The molecule has 0 bridgehead atoms. The van der Waals surface area contributed by atoms with Gasteiger partial charge in [0.15, 0.2) is 5.82 Å². The van der Waals surface area contributed by atoms with E-state index >= 15 is 0 Å². The van der Waals surface area contributed by atoms with Crippen molar-refractivity contribution < 1.29 is 9.18 Å². The minimum Gasteiger partial charge on any atom is -0.351 e. The van der Waals surface area contributed by atoms with Gasteiger partial charge in [-0.2, -0.15) is 0 Å². The van der Waals surface area contributed by atoms with Crippen LogP contribution in [0.5, 0.6) is 0 Å². The van der Waals surface area contributed by atoms with Crippen LogP contribution in [0.15, 0.2) is 12.1 Å². The van der Waals surface area contributed by atoms with E-state index in [0.717, 1.165) is 0 Å². The molecule has 2 amide bonds. The molecule has 5 heteroatoms. The highest BCUT2D eigenvalue weighted by Crippen LogP contribution is 2.25. The van der Waals surface area contributed by atoms with Gasteiger partial charge in [0.05, 0.1) is 10.7 Å². The number of urea groups is 1. The fourth-order valence-electron chi connectivity index (χ4n) is 0.875. The van der Waals surface area contributed by atoms with Gasteiger partial charge < -0.3 is 11.1 Å². The lowest BCUT2D eigenvalue weighted by molar-refractivity contribution is 0.259. The Morgan fingerprint density at radius 1 is 1.62 bits per heavy atom. The molecular formula is C8H8ClFN2O. The zero-order valence-corrected chi connectivity index (χ0v) is 7.65. The molecule has 0 heterocycles. The predicted molar refractivity (Wildman–Crippen MR) is 49.4 cm³/mol. The van der Waals surface area contributed by atoms with E-state index in [9.17, 15) is 9.18 Å². The topological polar surface area (TPSA) is 55.1 Å². The lowest BCUT2D eigenvalue weighted by Crippen LogP contribution is -2.20. The Labute approximate surface area is 79.7 Å². The summed E-state index contributed by atoms with van der Waals surface area (Å²) in [5, 5.41) is 2.11. The van der Waals surface area contributed by atoms with E-state index in [-0.39, 0.29) is 10.7 Å². The van der Waals surface area contributed by atoms with Crippen molar-refractivity contribution in [2.45, 2.75) is 6.92 Å². The zero-order chi connectivity index (χ0) is 10.0. The summed E-state index contributed by atoms with van der Waals surface area (Å²) >= 11 is 5.60. The molecule has 0 unspecified atom stereocenters. The summed E-state index contributed by atoms with van der Waals surface area (Å²) in [5.41, 5.74) is 5.42. The molecule has 1 aromatic rings. The van der Waals surface area contributed by atoms with Gasteiger partial charge in [-0.15, -0.1) is 0 Å². The normalized spacial score (nSPS) is 9.77. The van der Waals surface area contributed by atoms with Gasteiger partial charge in [-0.05, 0) is 18.6 Å². The molecule has 3 N–H and O–H groups in total. The number of nitrogens with two attached hydrogens (primary N) is 1. The van der Waals surface area contributed by atoms with E-state index in [2.05, 4.69) is 5.32 Å². The van der Waals surface area contributed by atoms with E-state index < -0.39 is 11.8 Å². The molecule has 0 radical (unpaired) electrons. The predicted octanol–water partition coefficient (Wildman–Crippen LogP) is 2.28. The van der Waals surface area contributed by atoms with E-state index in [1.54, 1.807) is 13.0 Å². The minimum atomic E-state index is -0.821. The summed E-state index contributed by atoms with van der Waals surface area (Å²) in [7, 11) is 0. The summed E-state index contributed by atoms with van der Waals surface area (Å²) in [6.07, 6.45) is 0.